The number of methoxy groups -OCH3 is 1. The fourth-order valence-corrected chi connectivity index (χ4v) is 2.30. The monoisotopic (exact) mass is 287 g/mol. The fraction of sp³-hybridized carbons (Fsp3) is 0.667. The van der Waals surface area contributed by atoms with Gasteiger partial charge in [0, 0.05) is 20.3 Å². The molecule has 1 rings (SSSR count). The molecule has 0 saturated heterocycles. The molecule has 0 aliphatic heterocycles. The molecule has 0 radical (unpaired) electrons. The first-order valence-electron chi connectivity index (χ1n) is 6.35. The maximum absolute atomic E-state index is 11.7. The van der Waals surface area contributed by atoms with Crippen molar-refractivity contribution in [1.29, 1.82) is 0 Å². The molecule has 0 spiro atoms. The molecule has 3 N–H and O–H groups in total. The Morgan fingerprint density at radius 3 is 2.89 bits per heavy atom. The third-order valence-corrected chi connectivity index (χ3v) is 3.33. The zero-order chi connectivity index (χ0) is 14.1. The Kier molecular flexibility index (Phi) is 7.20. The lowest BCUT2D eigenvalue weighted by Crippen LogP contribution is -2.10. The topological polar surface area (TPSA) is 86.5 Å². The van der Waals surface area contributed by atoms with Gasteiger partial charge < -0.3 is 20.5 Å². The van der Waals surface area contributed by atoms with Gasteiger partial charge in [-0.2, -0.15) is 4.37 Å². The molecule has 0 aliphatic carbocycles. The molecule has 0 bridgehead atoms. The van der Waals surface area contributed by atoms with E-state index < -0.39 is 5.97 Å². The van der Waals surface area contributed by atoms with Crippen molar-refractivity contribution in [3.05, 3.63) is 5.56 Å². The standard InChI is InChI=1S/C12H21N3O3S/c1-3-18-12(16)9-10(13)15-19-11(9)14-7-5-4-6-8-17-2/h14H,3-8H2,1-2H3,(H2,13,15). The van der Waals surface area contributed by atoms with Gasteiger partial charge in [0.25, 0.3) is 0 Å². The number of carbonyl (C=O) groups excluding carboxylic acids is 1. The largest absolute Gasteiger partial charge is 0.462 e. The first-order chi connectivity index (χ1) is 9.20. The number of aromatic nitrogens is 1. The van der Waals surface area contributed by atoms with Crippen LogP contribution in [0.2, 0.25) is 0 Å². The molecule has 6 nitrogen and oxygen atoms in total. The van der Waals surface area contributed by atoms with Gasteiger partial charge in [-0.1, -0.05) is 0 Å². The second-order valence-electron chi connectivity index (χ2n) is 3.97. The fourth-order valence-electron chi connectivity index (χ4n) is 1.57. The number of nitrogen functional groups attached to an aromatic ring is 1. The second-order valence-corrected chi connectivity index (χ2v) is 4.75. The van der Waals surface area contributed by atoms with Crippen LogP contribution in [0.5, 0.6) is 0 Å². The number of ether oxygens (including phenoxy) is 2. The summed E-state index contributed by atoms with van der Waals surface area (Å²) in [6.07, 6.45) is 3.11. The van der Waals surface area contributed by atoms with Crippen LogP contribution in [0.25, 0.3) is 0 Å². The van der Waals surface area contributed by atoms with E-state index in [0.717, 1.165) is 32.4 Å². The van der Waals surface area contributed by atoms with E-state index in [4.69, 9.17) is 15.2 Å². The average Bonchev–Trinajstić information content (AvgIpc) is 2.75. The summed E-state index contributed by atoms with van der Waals surface area (Å²) in [5.41, 5.74) is 6.04. The summed E-state index contributed by atoms with van der Waals surface area (Å²) >= 11 is 1.19. The van der Waals surface area contributed by atoms with Crippen molar-refractivity contribution < 1.29 is 14.3 Å². The number of nitrogens with two attached hydrogens (primary N) is 1. The van der Waals surface area contributed by atoms with Crippen LogP contribution in [-0.4, -0.2) is 37.2 Å². The molecule has 0 aliphatic rings. The molecule has 0 fully saturated rings. The van der Waals surface area contributed by atoms with E-state index in [1.807, 2.05) is 0 Å². The minimum atomic E-state index is -0.421. The molecule has 7 heteroatoms. The summed E-state index contributed by atoms with van der Waals surface area (Å²) in [6.45, 7) is 3.64. The van der Waals surface area contributed by atoms with E-state index in [1.54, 1.807) is 14.0 Å². The van der Waals surface area contributed by atoms with Gasteiger partial charge in [0.15, 0.2) is 5.82 Å². The molecule has 19 heavy (non-hydrogen) atoms. The first kappa shape index (κ1) is 15.7. The molecule has 0 amide bonds. The van der Waals surface area contributed by atoms with Crippen LogP contribution in [0, 0.1) is 0 Å². The van der Waals surface area contributed by atoms with Gasteiger partial charge in [0.2, 0.25) is 0 Å². The minimum Gasteiger partial charge on any atom is -0.462 e. The van der Waals surface area contributed by atoms with E-state index in [2.05, 4.69) is 9.69 Å². The number of hydrogen-bond donors (Lipinski definition) is 2. The molecule has 0 saturated carbocycles. The Labute approximate surface area is 117 Å². The number of hydrogen-bond acceptors (Lipinski definition) is 7. The van der Waals surface area contributed by atoms with Gasteiger partial charge in [-0.3, -0.25) is 0 Å². The first-order valence-corrected chi connectivity index (χ1v) is 7.13. The highest BCUT2D eigenvalue weighted by Gasteiger charge is 2.19. The maximum atomic E-state index is 11.7. The molecule has 108 valence electrons. The van der Waals surface area contributed by atoms with E-state index in [0.29, 0.717) is 17.2 Å². The molecule has 1 aromatic rings. The number of carbonyl (C=O) groups is 1. The van der Waals surface area contributed by atoms with Gasteiger partial charge in [-0.05, 0) is 37.7 Å². The summed E-state index contributed by atoms with van der Waals surface area (Å²) in [7, 11) is 1.70. The van der Waals surface area contributed by atoms with Crippen molar-refractivity contribution in [2.45, 2.75) is 26.2 Å². The second kappa shape index (κ2) is 8.71. The van der Waals surface area contributed by atoms with Crippen molar-refractivity contribution in [3.8, 4) is 0 Å². The predicted octanol–water partition coefficient (Wildman–Crippen LogP) is 2.13. The zero-order valence-corrected chi connectivity index (χ0v) is 12.2. The number of anilines is 2. The normalized spacial score (nSPS) is 10.4. The van der Waals surface area contributed by atoms with E-state index in [1.165, 1.54) is 11.5 Å². The molecule has 0 aromatic carbocycles. The third-order valence-electron chi connectivity index (χ3n) is 2.51. The number of rotatable bonds is 9. The lowest BCUT2D eigenvalue weighted by molar-refractivity contribution is 0.0529. The van der Waals surface area contributed by atoms with Gasteiger partial charge in [0.05, 0.1) is 6.61 Å². The van der Waals surface area contributed by atoms with Crippen LogP contribution < -0.4 is 11.1 Å². The van der Waals surface area contributed by atoms with Crippen molar-refractivity contribution in [3.63, 3.8) is 0 Å². The molecular formula is C12H21N3O3S. The molecular weight excluding hydrogens is 266 g/mol. The van der Waals surface area contributed by atoms with Gasteiger partial charge >= 0.3 is 5.97 Å². The van der Waals surface area contributed by atoms with Crippen LogP contribution in [0.3, 0.4) is 0 Å². The van der Waals surface area contributed by atoms with Gasteiger partial charge in [0.1, 0.15) is 10.6 Å². The highest BCUT2D eigenvalue weighted by atomic mass is 32.1. The SMILES string of the molecule is CCOC(=O)c1c(N)nsc1NCCCCCOC. The Balaban J connectivity index is 2.43. The van der Waals surface area contributed by atoms with Crippen LogP contribution in [-0.2, 0) is 9.47 Å². The molecule has 0 unspecified atom stereocenters. The number of esters is 1. The third kappa shape index (κ3) is 5.04. The minimum absolute atomic E-state index is 0.227. The highest BCUT2D eigenvalue weighted by Crippen LogP contribution is 2.27. The van der Waals surface area contributed by atoms with E-state index >= 15 is 0 Å². The molecule has 1 heterocycles. The van der Waals surface area contributed by atoms with Gasteiger partial charge in [-0.15, -0.1) is 0 Å². The maximum Gasteiger partial charge on any atom is 0.344 e. The number of unbranched alkanes of at least 4 members (excludes halogenated alkanes) is 2. The molecule has 0 atom stereocenters. The van der Waals surface area contributed by atoms with Crippen LogP contribution in [0.4, 0.5) is 10.8 Å². The zero-order valence-electron chi connectivity index (χ0n) is 11.4. The van der Waals surface area contributed by atoms with E-state index in [9.17, 15) is 4.79 Å². The smallest absolute Gasteiger partial charge is 0.344 e. The quantitative estimate of drug-likeness (QED) is 0.534. The number of nitrogens with one attached hydrogen (secondary N) is 1. The Morgan fingerprint density at radius 1 is 1.42 bits per heavy atom. The summed E-state index contributed by atoms with van der Waals surface area (Å²) < 4.78 is 13.9. The van der Waals surface area contributed by atoms with Crippen LogP contribution in [0.15, 0.2) is 0 Å². The highest BCUT2D eigenvalue weighted by molar-refractivity contribution is 7.11. The summed E-state index contributed by atoms with van der Waals surface area (Å²) in [5, 5.41) is 3.87. The predicted molar refractivity (Wildman–Crippen MR) is 76.7 cm³/mol. The van der Waals surface area contributed by atoms with Crippen molar-refractivity contribution in [2.24, 2.45) is 0 Å². The Bertz CT molecular complexity index is 396. The van der Waals surface area contributed by atoms with Crippen molar-refractivity contribution >= 4 is 28.3 Å². The van der Waals surface area contributed by atoms with Crippen molar-refractivity contribution in [2.75, 3.05) is 37.9 Å². The average molecular weight is 287 g/mol. The Morgan fingerprint density at radius 2 is 2.21 bits per heavy atom. The van der Waals surface area contributed by atoms with Crippen molar-refractivity contribution in [1.82, 2.24) is 4.37 Å². The Hall–Kier alpha value is -1.34. The van der Waals surface area contributed by atoms with Gasteiger partial charge in [-0.25, -0.2) is 4.79 Å². The lowest BCUT2D eigenvalue weighted by atomic mass is 10.2. The molecule has 1 aromatic heterocycles. The van der Waals surface area contributed by atoms with E-state index in [-0.39, 0.29) is 5.82 Å². The summed E-state index contributed by atoms with van der Waals surface area (Å²) in [4.78, 5) is 11.7. The van der Waals surface area contributed by atoms with Crippen LogP contribution >= 0.6 is 11.5 Å². The summed E-state index contributed by atoms with van der Waals surface area (Å²) in [6, 6.07) is 0. The number of nitrogens with zero attached hydrogens (tertiary/aromatic N) is 1. The lowest BCUT2D eigenvalue weighted by Gasteiger charge is -2.06. The summed E-state index contributed by atoms with van der Waals surface area (Å²) in [5.74, 6) is -0.194. The van der Waals surface area contributed by atoms with Crippen LogP contribution in [0.1, 0.15) is 36.5 Å².